The van der Waals surface area contributed by atoms with Gasteiger partial charge in [-0.1, -0.05) is 0 Å². The normalized spacial score (nSPS) is 18.7. The lowest BCUT2D eigenvalue weighted by Gasteiger charge is -2.31. The number of aryl methyl sites for hydroxylation is 2. The fraction of sp³-hybridized carbons (Fsp3) is 0.500. The molecule has 2 aromatic rings. The number of likely N-dealkylation sites (tertiary alicyclic amines) is 1. The Morgan fingerprint density at radius 1 is 1.22 bits per heavy atom. The highest BCUT2D eigenvalue weighted by atomic mass is 32.1. The summed E-state index contributed by atoms with van der Waals surface area (Å²) < 4.78 is 0. The molecule has 0 aromatic carbocycles. The van der Waals surface area contributed by atoms with Crippen molar-refractivity contribution in [1.29, 1.82) is 0 Å². The van der Waals surface area contributed by atoms with E-state index in [0.29, 0.717) is 11.5 Å². The van der Waals surface area contributed by atoms with Gasteiger partial charge in [0.1, 0.15) is 0 Å². The Hall–Kier alpha value is -1.75. The van der Waals surface area contributed by atoms with Gasteiger partial charge in [0.05, 0.1) is 16.3 Å². The third-order valence-corrected chi connectivity index (χ3v) is 6.22. The van der Waals surface area contributed by atoms with Crippen LogP contribution < -0.4 is 0 Å². The lowest BCUT2D eigenvalue weighted by atomic mass is 9.97. The van der Waals surface area contributed by atoms with Crippen molar-refractivity contribution in [3.05, 3.63) is 45.7 Å². The molecule has 2 aliphatic rings. The highest BCUT2D eigenvalue weighted by Gasteiger charge is 2.27. The van der Waals surface area contributed by atoms with Crippen molar-refractivity contribution in [2.45, 2.75) is 44.4 Å². The molecule has 1 amide bonds. The molecule has 1 saturated heterocycles. The number of aromatic nitrogens is 2. The van der Waals surface area contributed by atoms with Gasteiger partial charge in [-0.05, 0) is 50.7 Å². The van der Waals surface area contributed by atoms with E-state index in [4.69, 9.17) is 4.98 Å². The highest BCUT2D eigenvalue weighted by Crippen LogP contribution is 2.35. The number of pyridine rings is 1. The zero-order chi connectivity index (χ0) is 15.6. The molecule has 2 aromatic heterocycles. The van der Waals surface area contributed by atoms with Gasteiger partial charge >= 0.3 is 0 Å². The first-order valence-corrected chi connectivity index (χ1v) is 9.30. The lowest BCUT2D eigenvalue weighted by molar-refractivity contribution is 0.0712. The second kappa shape index (κ2) is 6.40. The van der Waals surface area contributed by atoms with Crippen LogP contribution in [0.15, 0.2) is 24.5 Å². The number of piperidine rings is 1. The second-order valence-corrected chi connectivity index (χ2v) is 7.55. The minimum absolute atomic E-state index is 0.106. The highest BCUT2D eigenvalue weighted by molar-refractivity contribution is 7.11. The number of hydrogen-bond donors (Lipinski definition) is 0. The summed E-state index contributed by atoms with van der Waals surface area (Å²) in [7, 11) is 0. The number of nitrogens with zero attached hydrogens (tertiary/aromatic N) is 3. The molecule has 0 saturated carbocycles. The summed E-state index contributed by atoms with van der Waals surface area (Å²) >= 11 is 1.92. The number of amides is 1. The molecule has 0 radical (unpaired) electrons. The molecule has 120 valence electrons. The molecule has 1 fully saturated rings. The van der Waals surface area contributed by atoms with Crippen LogP contribution in [-0.2, 0) is 12.8 Å². The van der Waals surface area contributed by atoms with Crippen molar-refractivity contribution in [3.63, 3.8) is 0 Å². The van der Waals surface area contributed by atoms with E-state index in [1.807, 2.05) is 28.4 Å². The summed E-state index contributed by atoms with van der Waals surface area (Å²) in [5, 5.41) is 1.31. The van der Waals surface area contributed by atoms with Crippen LogP contribution in [0.4, 0.5) is 0 Å². The molecule has 0 N–H and O–H groups in total. The second-order valence-electron chi connectivity index (χ2n) is 6.44. The van der Waals surface area contributed by atoms with Gasteiger partial charge in [0.25, 0.3) is 5.91 Å². The Balaban J connectivity index is 1.41. The molecule has 0 atom stereocenters. The first kappa shape index (κ1) is 14.8. The Kier molecular flexibility index (Phi) is 4.12. The van der Waals surface area contributed by atoms with E-state index in [1.54, 1.807) is 12.4 Å². The summed E-state index contributed by atoms with van der Waals surface area (Å²) in [4.78, 5) is 24.9. The predicted octanol–water partition coefficient (Wildman–Crippen LogP) is 3.44. The van der Waals surface area contributed by atoms with Crippen LogP contribution in [0.5, 0.6) is 0 Å². The largest absolute Gasteiger partial charge is 0.339 e. The van der Waals surface area contributed by atoms with E-state index in [2.05, 4.69) is 4.98 Å². The molecule has 0 spiro atoms. The van der Waals surface area contributed by atoms with E-state index in [9.17, 15) is 4.79 Å². The van der Waals surface area contributed by atoms with Crippen LogP contribution in [0, 0.1) is 0 Å². The van der Waals surface area contributed by atoms with Crippen molar-refractivity contribution in [2.75, 3.05) is 13.1 Å². The third-order valence-electron chi connectivity index (χ3n) is 4.90. The van der Waals surface area contributed by atoms with Gasteiger partial charge in [-0.2, -0.15) is 0 Å². The topological polar surface area (TPSA) is 46.1 Å². The lowest BCUT2D eigenvalue weighted by Crippen LogP contribution is -2.37. The van der Waals surface area contributed by atoms with Gasteiger partial charge in [-0.3, -0.25) is 9.78 Å². The Labute approximate surface area is 140 Å². The molecular formula is C18H21N3OS. The van der Waals surface area contributed by atoms with E-state index >= 15 is 0 Å². The Morgan fingerprint density at radius 2 is 2.04 bits per heavy atom. The van der Waals surface area contributed by atoms with Crippen molar-refractivity contribution >= 4 is 17.2 Å². The first-order chi connectivity index (χ1) is 11.3. The fourth-order valence-corrected chi connectivity index (χ4v) is 4.87. The number of thiazole rings is 1. The zero-order valence-corrected chi connectivity index (χ0v) is 14.0. The van der Waals surface area contributed by atoms with Gasteiger partial charge < -0.3 is 4.90 Å². The van der Waals surface area contributed by atoms with E-state index in [1.165, 1.54) is 34.8 Å². The number of fused-ring (bicyclic) bond motifs is 1. The van der Waals surface area contributed by atoms with E-state index < -0.39 is 0 Å². The van der Waals surface area contributed by atoms with Gasteiger partial charge in [0.2, 0.25) is 0 Å². The molecule has 0 unspecified atom stereocenters. The number of hydrogen-bond acceptors (Lipinski definition) is 4. The van der Waals surface area contributed by atoms with Crippen LogP contribution in [0.2, 0.25) is 0 Å². The van der Waals surface area contributed by atoms with E-state index in [0.717, 1.165) is 32.4 Å². The van der Waals surface area contributed by atoms with Crippen molar-refractivity contribution in [3.8, 4) is 0 Å². The van der Waals surface area contributed by atoms with Gasteiger partial charge in [0.15, 0.2) is 0 Å². The SMILES string of the molecule is O=C(c1cccnc1)N1CCC(c2nc3c(s2)CCCC3)CC1. The maximum absolute atomic E-state index is 12.5. The maximum Gasteiger partial charge on any atom is 0.255 e. The minimum Gasteiger partial charge on any atom is -0.339 e. The predicted molar refractivity (Wildman–Crippen MR) is 90.9 cm³/mol. The summed E-state index contributed by atoms with van der Waals surface area (Å²) in [6.45, 7) is 1.64. The molecule has 0 bridgehead atoms. The maximum atomic E-state index is 12.5. The van der Waals surface area contributed by atoms with Gasteiger partial charge in [-0.15, -0.1) is 11.3 Å². The number of carbonyl (C=O) groups is 1. The van der Waals surface area contributed by atoms with Crippen molar-refractivity contribution < 1.29 is 4.79 Å². The molecular weight excluding hydrogens is 306 g/mol. The van der Waals surface area contributed by atoms with Crippen LogP contribution in [0.25, 0.3) is 0 Å². The zero-order valence-electron chi connectivity index (χ0n) is 13.2. The van der Waals surface area contributed by atoms with Crippen LogP contribution in [0.1, 0.15) is 57.5 Å². The number of carbonyl (C=O) groups excluding carboxylic acids is 1. The first-order valence-electron chi connectivity index (χ1n) is 8.49. The summed E-state index contributed by atoms with van der Waals surface area (Å²) in [5.41, 5.74) is 2.04. The molecule has 4 nitrogen and oxygen atoms in total. The molecule has 4 rings (SSSR count). The van der Waals surface area contributed by atoms with Crippen LogP contribution in [-0.4, -0.2) is 33.9 Å². The molecule has 1 aliphatic heterocycles. The average Bonchev–Trinajstić information content (AvgIpc) is 3.06. The fourth-order valence-electron chi connectivity index (χ4n) is 3.55. The van der Waals surface area contributed by atoms with Crippen LogP contribution in [0.3, 0.4) is 0 Å². The van der Waals surface area contributed by atoms with Crippen molar-refractivity contribution in [1.82, 2.24) is 14.9 Å². The smallest absolute Gasteiger partial charge is 0.255 e. The molecule has 3 heterocycles. The molecule has 1 aliphatic carbocycles. The van der Waals surface area contributed by atoms with Gasteiger partial charge in [0, 0.05) is 36.3 Å². The minimum atomic E-state index is 0.106. The molecule has 23 heavy (non-hydrogen) atoms. The monoisotopic (exact) mass is 327 g/mol. The van der Waals surface area contributed by atoms with Gasteiger partial charge in [-0.25, -0.2) is 4.98 Å². The summed E-state index contributed by atoms with van der Waals surface area (Å²) in [6.07, 6.45) is 10.4. The summed E-state index contributed by atoms with van der Waals surface area (Å²) in [6, 6.07) is 3.66. The summed E-state index contributed by atoms with van der Waals surface area (Å²) in [5.74, 6) is 0.638. The Bertz CT molecular complexity index is 666. The quantitative estimate of drug-likeness (QED) is 0.849. The molecule has 5 heteroatoms. The van der Waals surface area contributed by atoms with Crippen molar-refractivity contribution in [2.24, 2.45) is 0 Å². The third kappa shape index (κ3) is 3.02. The average molecular weight is 327 g/mol. The van der Waals surface area contributed by atoms with Crippen LogP contribution >= 0.6 is 11.3 Å². The standard InChI is InChI=1S/C18H21N3OS/c22-18(14-4-3-9-19-12-14)21-10-7-13(8-11-21)17-20-15-5-1-2-6-16(15)23-17/h3-4,9,12-13H,1-2,5-8,10-11H2. The number of rotatable bonds is 2. The Morgan fingerprint density at radius 3 is 2.78 bits per heavy atom. The van der Waals surface area contributed by atoms with E-state index in [-0.39, 0.29) is 5.91 Å².